The minimum absolute atomic E-state index is 0.0154. The summed E-state index contributed by atoms with van der Waals surface area (Å²) in [5.74, 6) is -0.977. The Morgan fingerprint density at radius 3 is 2.53 bits per heavy atom. The van der Waals surface area contributed by atoms with Gasteiger partial charge >= 0.3 is 0 Å². The molecule has 1 fully saturated rings. The van der Waals surface area contributed by atoms with Gasteiger partial charge in [-0.15, -0.1) is 0 Å². The monoisotopic (exact) mass is 567 g/mol. The van der Waals surface area contributed by atoms with Crippen molar-refractivity contribution in [3.8, 4) is 0 Å². The van der Waals surface area contributed by atoms with E-state index in [-0.39, 0.29) is 41.1 Å². The summed E-state index contributed by atoms with van der Waals surface area (Å²) in [5, 5.41) is 10.3. The summed E-state index contributed by atoms with van der Waals surface area (Å²) in [6, 6.07) is 10.2. The molecule has 3 atom stereocenters. The van der Waals surface area contributed by atoms with E-state index < -0.39 is 20.7 Å². The van der Waals surface area contributed by atoms with Crippen molar-refractivity contribution in [2.45, 2.75) is 42.2 Å². The molecule has 1 heterocycles. The molecule has 204 valence electrons. The van der Waals surface area contributed by atoms with E-state index >= 15 is 0 Å². The Morgan fingerprint density at radius 1 is 1.16 bits per heavy atom. The SMILES string of the molecule is CN(C)[C@H]1C[C@@H](c2cccc(F)c2)CC[C@@H]1Nc1cc(F)c(S(=O)(=O)Nc2ccncn2)cc1Cl.O=CO. The third-order valence-electron chi connectivity index (χ3n) is 6.27. The predicted molar refractivity (Wildman–Crippen MR) is 141 cm³/mol. The largest absolute Gasteiger partial charge is 0.483 e. The molecule has 0 spiro atoms. The summed E-state index contributed by atoms with van der Waals surface area (Å²) in [6.07, 6.45) is 4.89. The number of carbonyl (C=O) groups is 1. The standard InChI is InChI=1S/C24H26ClF2N5O2S.CH2O2/c1-32(2)22-11-16(15-4-3-5-17(26)10-15)6-7-20(22)30-21-13-19(27)23(12-18(21)25)35(33,34)31-24-8-9-28-14-29-24;2-1-3/h3-5,8-10,12-14,16,20,22,30H,6-7,11H2,1-2H3,(H,28,29,31);1H,(H,2,3)/t16-,20-,22-;/m0./s1. The minimum atomic E-state index is -4.25. The summed E-state index contributed by atoms with van der Waals surface area (Å²) in [6.45, 7) is -0.250. The van der Waals surface area contributed by atoms with E-state index in [1.54, 1.807) is 12.1 Å². The number of carboxylic acid groups (broad SMARTS) is 1. The minimum Gasteiger partial charge on any atom is -0.483 e. The summed E-state index contributed by atoms with van der Waals surface area (Å²) in [7, 11) is -0.324. The number of rotatable bonds is 7. The van der Waals surface area contributed by atoms with Gasteiger partial charge in [0.25, 0.3) is 16.5 Å². The molecule has 2 aromatic carbocycles. The molecule has 1 aliphatic carbocycles. The molecule has 3 aromatic rings. The van der Waals surface area contributed by atoms with Crippen LogP contribution in [-0.4, -0.2) is 61.0 Å². The van der Waals surface area contributed by atoms with Crippen LogP contribution in [0.3, 0.4) is 0 Å². The summed E-state index contributed by atoms with van der Waals surface area (Å²) < 4.78 is 56.3. The molecule has 13 heteroatoms. The van der Waals surface area contributed by atoms with Gasteiger partial charge in [0.1, 0.15) is 28.7 Å². The molecule has 9 nitrogen and oxygen atoms in total. The maximum Gasteiger partial charge on any atom is 0.290 e. The highest BCUT2D eigenvalue weighted by Crippen LogP contribution is 2.38. The van der Waals surface area contributed by atoms with Crippen LogP contribution in [-0.2, 0) is 14.8 Å². The fourth-order valence-corrected chi connectivity index (χ4v) is 5.92. The van der Waals surface area contributed by atoms with Gasteiger partial charge in [-0.1, -0.05) is 23.7 Å². The van der Waals surface area contributed by atoms with Crippen molar-refractivity contribution in [3.05, 3.63) is 77.2 Å². The van der Waals surface area contributed by atoms with E-state index in [1.165, 1.54) is 24.7 Å². The maximum atomic E-state index is 15.0. The Bertz CT molecular complexity index is 1350. The zero-order valence-corrected chi connectivity index (χ0v) is 22.3. The molecule has 0 aliphatic heterocycles. The van der Waals surface area contributed by atoms with Crippen molar-refractivity contribution in [3.63, 3.8) is 0 Å². The molecule has 1 aromatic heterocycles. The lowest BCUT2D eigenvalue weighted by atomic mass is 9.78. The third-order valence-corrected chi connectivity index (χ3v) is 7.96. The molecule has 3 N–H and O–H groups in total. The highest BCUT2D eigenvalue weighted by atomic mass is 35.5. The smallest absolute Gasteiger partial charge is 0.290 e. The molecule has 0 bridgehead atoms. The van der Waals surface area contributed by atoms with E-state index in [0.717, 1.165) is 37.0 Å². The zero-order valence-electron chi connectivity index (χ0n) is 20.7. The summed E-state index contributed by atoms with van der Waals surface area (Å²) in [4.78, 5) is 17.4. The molecular weight excluding hydrogens is 540 g/mol. The number of anilines is 2. The molecule has 0 amide bonds. The Balaban J connectivity index is 0.00000127. The van der Waals surface area contributed by atoms with E-state index in [4.69, 9.17) is 21.5 Å². The second-order valence-electron chi connectivity index (χ2n) is 8.91. The van der Waals surface area contributed by atoms with Crippen LogP contribution in [0, 0.1) is 11.6 Å². The van der Waals surface area contributed by atoms with Gasteiger partial charge in [0.05, 0.1) is 10.7 Å². The van der Waals surface area contributed by atoms with Crippen LogP contribution < -0.4 is 10.0 Å². The number of halogens is 3. The number of hydrogen-bond donors (Lipinski definition) is 3. The molecular formula is C25H28ClF2N5O4S. The van der Waals surface area contributed by atoms with E-state index in [0.29, 0.717) is 5.69 Å². The van der Waals surface area contributed by atoms with Crippen molar-refractivity contribution in [2.75, 3.05) is 24.1 Å². The van der Waals surface area contributed by atoms with Crippen LogP contribution >= 0.6 is 11.6 Å². The fourth-order valence-electron chi connectivity index (χ4n) is 4.54. The van der Waals surface area contributed by atoms with Crippen molar-refractivity contribution in [1.29, 1.82) is 0 Å². The lowest BCUT2D eigenvalue weighted by Crippen LogP contribution is -2.47. The van der Waals surface area contributed by atoms with E-state index in [2.05, 4.69) is 24.9 Å². The van der Waals surface area contributed by atoms with Gasteiger partial charge in [-0.2, -0.15) is 0 Å². The van der Waals surface area contributed by atoms with Gasteiger partial charge in [-0.25, -0.2) is 27.2 Å². The molecule has 0 radical (unpaired) electrons. The van der Waals surface area contributed by atoms with Crippen LogP contribution in [0.2, 0.25) is 5.02 Å². The van der Waals surface area contributed by atoms with Crippen molar-refractivity contribution >= 4 is 39.6 Å². The van der Waals surface area contributed by atoms with Crippen molar-refractivity contribution in [2.24, 2.45) is 0 Å². The molecule has 0 saturated heterocycles. The van der Waals surface area contributed by atoms with Gasteiger partial charge in [0.2, 0.25) is 0 Å². The number of aromatic nitrogens is 2. The van der Waals surface area contributed by atoms with E-state index in [9.17, 15) is 17.2 Å². The van der Waals surface area contributed by atoms with Gasteiger partial charge in [0, 0.05) is 18.3 Å². The number of sulfonamides is 1. The highest BCUT2D eigenvalue weighted by molar-refractivity contribution is 7.92. The molecule has 1 aliphatic rings. The second kappa shape index (κ2) is 12.9. The number of nitrogens with zero attached hydrogens (tertiary/aromatic N) is 3. The van der Waals surface area contributed by atoms with Crippen molar-refractivity contribution < 1.29 is 27.1 Å². The maximum absolute atomic E-state index is 15.0. The average molecular weight is 568 g/mol. The third kappa shape index (κ3) is 7.36. The molecule has 0 unspecified atom stereocenters. The first kappa shape index (κ1) is 29.2. The average Bonchev–Trinajstić information content (AvgIpc) is 2.87. The van der Waals surface area contributed by atoms with Gasteiger partial charge < -0.3 is 15.3 Å². The number of hydrogen-bond acceptors (Lipinski definition) is 7. The predicted octanol–water partition coefficient (Wildman–Crippen LogP) is 4.59. The summed E-state index contributed by atoms with van der Waals surface area (Å²) in [5.41, 5.74) is 1.27. The van der Waals surface area contributed by atoms with Crippen LogP contribution in [0.15, 0.2) is 59.9 Å². The first-order chi connectivity index (χ1) is 18.1. The quantitative estimate of drug-likeness (QED) is 0.354. The lowest BCUT2D eigenvalue weighted by Gasteiger charge is -2.41. The first-order valence-electron chi connectivity index (χ1n) is 11.6. The Labute approximate surface area is 224 Å². The van der Waals surface area contributed by atoms with Crippen LogP contribution in [0.5, 0.6) is 0 Å². The van der Waals surface area contributed by atoms with Crippen LogP contribution in [0.1, 0.15) is 30.7 Å². The second-order valence-corrected chi connectivity index (χ2v) is 11.0. The molecule has 4 rings (SSSR count). The van der Waals surface area contributed by atoms with Gasteiger partial charge in [-0.3, -0.25) is 9.52 Å². The van der Waals surface area contributed by atoms with Crippen molar-refractivity contribution in [1.82, 2.24) is 14.9 Å². The number of benzene rings is 2. The lowest BCUT2D eigenvalue weighted by molar-refractivity contribution is -0.122. The Hall–Kier alpha value is -3.35. The molecule has 38 heavy (non-hydrogen) atoms. The molecule has 1 saturated carbocycles. The number of likely N-dealkylation sites (N-methyl/N-ethyl adjacent to an activating group) is 1. The fraction of sp³-hybridized carbons (Fsp3) is 0.320. The number of nitrogens with one attached hydrogen (secondary N) is 2. The Kier molecular flexibility index (Phi) is 9.95. The van der Waals surface area contributed by atoms with Crippen LogP contribution in [0.25, 0.3) is 0 Å². The summed E-state index contributed by atoms with van der Waals surface area (Å²) >= 11 is 6.40. The highest BCUT2D eigenvalue weighted by Gasteiger charge is 2.33. The van der Waals surface area contributed by atoms with Crippen LogP contribution in [0.4, 0.5) is 20.3 Å². The normalized spacial score (nSPS) is 19.3. The van der Waals surface area contributed by atoms with E-state index in [1.807, 2.05) is 20.2 Å². The Morgan fingerprint density at radius 2 is 1.89 bits per heavy atom. The van der Waals surface area contributed by atoms with Gasteiger partial charge in [0.15, 0.2) is 0 Å². The topological polar surface area (TPSA) is 125 Å². The zero-order chi connectivity index (χ0) is 27.9. The first-order valence-corrected chi connectivity index (χ1v) is 13.5. The van der Waals surface area contributed by atoms with Gasteiger partial charge in [-0.05, 0) is 75.2 Å².